The van der Waals surface area contributed by atoms with Crippen molar-refractivity contribution in [2.24, 2.45) is 10.9 Å². The Morgan fingerprint density at radius 3 is 2.24 bits per heavy atom. The molecule has 1 fully saturated rings. The van der Waals surface area contributed by atoms with Gasteiger partial charge in [0, 0.05) is 18.7 Å². The Hall–Kier alpha value is -2.91. The van der Waals surface area contributed by atoms with Crippen molar-refractivity contribution in [3.8, 4) is 0 Å². The lowest BCUT2D eigenvalue weighted by Crippen LogP contribution is -2.30. The number of amides is 2. The van der Waals surface area contributed by atoms with E-state index < -0.39 is 15.9 Å². The zero-order valence-corrected chi connectivity index (χ0v) is 16.7. The fourth-order valence-electron chi connectivity index (χ4n) is 3.38. The van der Waals surface area contributed by atoms with Crippen molar-refractivity contribution in [3.63, 3.8) is 0 Å². The van der Waals surface area contributed by atoms with Gasteiger partial charge in [-0.15, -0.1) is 0 Å². The fraction of sp³-hybridized carbons (Fsp3) is 0.300. The standard InChI is InChI=1S/C20H24N4O4S/c21-20(26)15-6-9-18(24-10-2-1-3-11-24)17(13-15)23-19(25)12-14-4-7-16(8-5-14)29(22,27)28/h4-9,13H,1-3,10-12H2,(H2,21,26)(H,23,25)(H2,22,27,28). The van der Waals surface area contributed by atoms with Gasteiger partial charge >= 0.3 is 0 Å². The summed E-state index contributed by atoms with van der Waals surface area (Å²) in [6.07, 6.45) is 3.36. The SMILES string of the molecule is NC(=O)c1ccc(N2CCCCC2)c(NC(=O)Cc2ccc(S(N)(=O)=O)cc2)c1. The van der Waals surface area contributed by atoms with Gasteiger partial charge in [0.2, 0.25) is 21.8 Å². The Balaban J connectivity index is 1.79. The molecular formula is C20H24N4O4S. The molecule has 9 heteroatoms. The van der Waals surface area contributed by atoms with Crippen LogP contribution in [-0.2, 0) is 21.2 Å². The van der Waals surface area contributed by atoms with E-state index in [2.05, 4.69) is 10.2 Å². The minimum atomic E-state index is -3.78. The van der Waals surface area contributed by atoms with Crippen LogP contribution in [0.5, 0.6) is 0 Å². The number of nitrogens with two attached hydrogens (primary N) is 2. The summed E-state index contributed by atoms with van der Waals surface area (Å²) in [6.45, 7) is 1.77. The molecule has 8 nitrogen and oxygen atoms in total. The topological polar surface area (TPSA) is 136 Å². The predicted octanol–water partition coefficient (Wildman–Crippen LogP) is 1.60. The minimum Gasteiger partial charge on any atom is -0.370 e. The van der Waals surface area contributed by atoms with Gasteiger partial charge in [-0.25, -0.2) is 13.6 Å². The van der Waals surface area contributed by atoms with Crippen LogP contribution in [0.1, 0.15) is 35.2 Å². The van der Waals surface area contributed by atoms with Crippen LogP contribution >= 0.6 is 0 Å². The number of nitrogens with zero attached hydrogens (tertiary/aromatic N) is 1. The summed E-state index contributed by atoms with van der Waals surface area (Å²) in [4.78, 5) is 26.3. The van der Waals surface area contributed by atoms with Gasteiger partial charge in [0.1, 0.15) is 0 Å². The van der Waals surface area contributed by atoms with Crippen molar-refractivity contribution < 1.29 is 18.0 Å². The number of piperidine rings is 1. The zero-order chi connectivity index (χ0) is 21.0. The molecule has 0 saturated carbocycles. The van der Waals surface area contributed by atoms with Gasteiger partial charge in [-0.2, -0.15) is 0 Å². The first-order chi connectivity index (χ1) is 13.7. The van der Waals surface area contributed by atoms with Gasteiger partial charge in [0.15, 0.2) is 0 Å². The summed E-state index contributed by atoms with van der Waals surface area (Å²) in [7, 11) is -3.78. The van der Waals surface area contributed by atoms with Crippen molar-refractivity contribution in [1.82, 2.24) is 0 Å². The highest BCUT2D eigenvalue weighted by Crippen LogP contribution is 2.30. The van der Waals surface area contributed by atoms with Gasteiger partial charge in [0.25, 0.3) is 0 Å². The normalized spacial score (nSPS) is 14.4. The van der Waals surface area contributed by atoms with Crippen molar-refractivity contribution >= 4 is 33.2 Å². The Morgan fingerprint density at radius 1 is 1.00 bits per heavy atom. The number of benzene rings is 2. The molecule has 29 heavy (non-hydrogen) atoms. The highest BCUT2D eigenvalue weighted by atomic mass is 32.2. The van der Waals surface area contributed by atoms with Crippen molar-refractivity contribution in [2.45, 2.75) is 30.6 Å². The second kappa shape index (κ2) is 8.62. The molecule has 1 heterocycles. The average molecular weight is 417 g/mol. The van der Waals surface area contributed by atoms with Crippen LogP contribution in [-0.4, -0.2) is 33.3 Å². The molecule has 0 bridgehead atoms. The van der Waals surface area contributed by atoms with E-state index in [0.717, 1.165) is 31.6 Å². The molecular weight excluding hydrogens is 392 g/mol. The predicted molar refractivity (Wildman–Crippen MR) is 111 cm³/mol. The molecule has 0 spiro atoms. The first kappa shape index (κ1) is 20.8. The van der Waals surface area contributed by atoms with E-state index in [1.807, 2.05) is 6.07 Å². The van der Waals surface area contributed by atoms with Crippen LogP contribution in [0.15, 0.2) is 47.4 Å². The molecule has 0 aromatic heterocycles. The molecule has 3 rings (SSSR count). The first-order valence-corrected chi connectivity index (χ1v) is 10.9. The molecule has 1 aliphatic rings. The molecule has 2 amide bonds. The molecule has 1 aliphatic heterocycles. The molecule has 2 aromatic carbocycles. The van der Waals surface area contributed by atoms with Crippen LogP contribution in [0.4, 0.5) is 11.4 Å². The summed E-state index contributed by atoms with van der Waals surface area (Å²) in [6, 6.07) is 10.9. The van der Waals surface area contributed by atoms with Crippen LogP contribution in [0.2, 0.25) is 0 Å². The highest BCUT2D eigenvalue weighted by Gasteiger charge is 2.18. The largest absolute Gasteiger partial charge is 0.370 e. The molecule has 0 unspecified atom stereocenters. The van der Waals surface area contributed by atoms with E-state index in [4.69, 9.17) is 10.9 Å². The molecule has 0 aliphatic carbocycles. The minimum absolute atomic E-state index is 0.0109. The number of nitrogens with one attached hydrogen (secondary N) is 1. The number of hydrogen-bond donors (Lipinski definition) is 3. The van der Waals surface area contributed by atoms with Crippen LogP contribution in [0, 0.1) is 0 Å². The maximum atomic E-state index is 12.6. The lowest BCUT2D eigenvalue weighted by Gasteiger charge is -2.30. The summed E-state index contributed by atoms with van der Waals surface area (Å²) in [5.74, 6) is -0.850. The zero-order valence-electron chi connectivity index (χ0n) is 15.9. The van der Waals surface area contributed by atoms with Gasteiger partial charge in [0.05, 0.1) is 22.7 Å². The maximum Gasteiger partial charge on any atom is 0.248 e. The second-order valence-corrected chi connectivity index (χ2v) is 8.62. The third-order valence-electron chi connectivity index (χ3n) is 4.87. The Kier molecular flexibility index (Phi) is 6.19. The Labute approximate surface area is 169 Å². The van der Waals surface area contributed by atoms with E-state index in [9.17, 15) is 18.0 Å². The van der Waals surface area contributed by atoms with Crippen molar-refractivity contribution in [3.05, 3.63) is 53.6 Å². The number of hydrogen-bond acceptors (Lipinski definition) is 5. The first-order valence-electron chi connectivity index (χ1n) is 9.34. The summed E-state index contributed by atoms with van der Waals surface area (Å²) in [5.41, 5.74) is 7.74. The molecule has 0 atom stereocenters. The van der Waals surface area contributed by atoms with E-state index in [-0.39, 0.29) is 17.2 Å². The van der Waals surface area contributed by atoms with E-state index in [1.54, 1.807) is 24.3 Å². The maximum absolute atomic E-state index is 12.6. The molecule has 1 saturated heterocycles. The van der Waals surface area contributed by atoms with Crippen molar-refractivity contribution in [1.29, 1.82) is 0 Å². The third-order valence-corrected chi connectivity index (χ3v) is 5.80. The number of primary sulfonamides is 1. The summed E-state index contributed by atoms with van der Waals surface area (Å²) in [5, 5.41) is 7.95. The lowest BCUT2D eigenvalue weighted by atomic mass is 10.1. The van der Waals surface area contributed by atoms with Gasteiger partial charge in [-0.3, -0.25) is 9.59 Å². The highest BCUT2D eigenvalue weighted by molar-refractivity contribution is 7.89. The lowest BCUT2D eigenvalue weighted by molar-refractivity contribution is -0.115. The van der Waals surface area contributed by atoms with Crippen LogP contribution in [0.25, 0.3) is 0 Å². The van der Waals surface area contributed by atoms with Gasteiger partial charge in [-0.1, -0.05) is 12.1 Å². The number of sulfonamides is 1. The second-order valence-electron chi connectivity index (χ2n) is 7.06. The van der Waals surface area contributed by atoms with Gasteiger partial charge < -0.3 is 16.0 Å². The number of primary amides is 1. The number of carbonyl (C=O) groups excluding carboxylic acids is 2. The molecule has 154 valence electrons. The smallest absolute Gasteiger partial charge is 0.248 e. The molecule has 2 aromatic rings. The average Bonchev–Trinajstić information content (AvgIpc) is 2.68. The number of anilines is 2. The Morgan fingerprint density at radius 2 is 1.66 bits per heavy atom. The number of carbonyl (C=O) groups is 2. The summed E-state index contributed by atoms with van der Waals surface area (Å²) >= 11 is 0. The van der Waals surface area contributed by atoms with Crippen LogP contribution < -0.4 is 21.1 Å². The fourth-order valence-corrected chi connectivity index (χ4v) is 3.89. The van der Waals surface area contributed by atoms with Crippen LogP contribution in [0.3, 0.4) is 0 Å². The van der Waals surface area contributed by atoms with E-state index in [0.29, 0.717) is 16.8 Å². The van der Waals surface area contributed by atoms with Crippen molar-refractivity contribution in [2.75, 3.05) is 23.3 Å². The van der Waals surface area contributed by atoms with Gasteiger partial charge in [-0.05, 0) is 55.2 Å². The van der Waals surface area contributed by atoms with E-state index >= 15 is 0 Å². The monoisotopic (exact) mass is 416 g/mol. The quantitative estimate of drug-likeness (QED) is 0.657. The third kappa shape index (κ3) is 5.33. The number of rotatable bonds is 6. The van der Waals surface area contributed by atoms with E-state index in [1.165, 1.54) is 18.6 Å². The Bertz CT molecular complexity index is 1010. The molecule has 0 radical (unpaired) electrons. The summed E-state index contributed by atoms with van der Waals surface area (Å²) < 4.78 is 22.7. The molecule has 5 N–H and O–H groups in total.